The molecule has 0 fully saturated rings. The van der Waals surface area contributed by atoms with E-state index in [-0.39, 0.29) is 5.43 Å². The molecule has 0 spiro atoms. The second kappa shape index (κ2) is 5.30. The summed E-state index contributed by atoms with van der Waals surface area (Å²) in [7, 11) is 0. The fourth-order valence-electron chi connectivity index (χ4n) is 1.60. The zero-order valence-electron chi connectivity index (χ0n) is 9.72. The molecule has 0 N–H and O–H groups in total. The van der Waals surface area contributed by atoms with Gasteiger partial charge in [0.2, 0.25) is 5.43 Å². The standard InChI is InChI=1S/C15H14O2/c1-12-7-5-6-10-14(16)15(12)17-11-13-8-3-2-4-9-13/h2-10H,11H2,1H3. The molecule has 17 heavy (non-hydrogen) atoms. The number of benzene rings is 1. The smallest absolute Gasteiger partial charge is 0.220 e. The molecule has 0 amide bonds. The van der Waals surface area contributed by atoms with Crippen molar-refractivity contribution in [1.82, 2.24) is 0 Å². The third-order valence-corrected chi connectivity index (χ3v) is 2.51. The molecule has 2 aromatic rings. The summed E-state index contributed by atoms with van der Waals surface area (Å²) in [6.07, 6.45) is 0. The molecule has 2 rings (SSSR count). The summed E-state index contributed by atoms with van der Waals surface area (Å²) >= 11 is 0. The molecule has 2 heteroatoms. The van der Waals surface area contributed by atoms with E-state index in [4.69, 9.17) is 4.74 Å². The molecule has 0 radical (unpaired) electrons. The van der Waals surface area contributed by atoms with Crippen molar-refractivity contribution < 1.29 is 4.74 Å². The average Bonchev–Trinajstić information content (AvgIpc) is 2.50. The molecular weight excluding hydrogens is 212 g/mol. The van der Waals surface area contributed by atoms with Gasteiger partial charge in [-0.1, -0.05) is 48.5 Å². The second-order valence-electron chi connectivity index (χ2n) is 3.87. The summed E-state index contributed by atoms with van der Waals surface area (Å²) in [6, 6.07) is 16.8. The van der Waals surface area contributed by atoms with Crippen LogP contribution in [-0.4, -0.2) is 0 Å². The maximum Gasteiger partial charge on any atom is 0.220 e. The summed E-state index contributed by atoms with van der Waals surface area (Å²) in [6.45, 7) is 2.29. The van der Waals surface area contributed by atoms with Crippen LogP contribution in [0.1, 0.15) is 11.1 Å². The lowest BCUT2D eigenvalue weighted by Crippen LogP contribution is -2.06. The molecular formula is C15H14O2. The van der Waals surface area contributed by atoms with Crippen molar-refractivity contribution in [3.63, 3.8) is 0 Å². The van der Waals surface area contributed by atoms with Gasteiger partial charge in [0.05, 0.1) is 0 Å². The molecule has 0 aliphatic heterocycles. The number of ether oxygens (including phenoxy) is 1. The SMILES string of the molecule is Cc1ccccc(=O)c1OCc1ccccc1. The largest absolute Gasteiger partial charge is 0.485 e. The van der Waals surface area contributed by atoms with Crippen LogP contribution in [0.3, 0.4) is 0 Å². The minimum Gasteiger partial charge on any atom is -0.485 e. The molecule has 0 atom stereocenters. The summed E-state index contributed by atoms with van der Waals surface area (Å²) < 4.78 is 5.60. The average molecular weight is 226 g/mol. The highest BCUT2D eigenvalue weighted by atomic mass is 16.5. The van der Waals surface area contributed by atoms with Gasteiger partial charge in [0, 0.05) is 0 Å². The predicted molar refractivity (Wildman–Crippen MR) is 68.2 cm³/mol. The molecule has 0 unspecified atom stereocenters. The number of hydrogen-bond donors (Lipinski definition) is 0. The Morgan fingerprint density at radius 1 is 0.941 bits per heavy atom. The van der Waals surface area contributed by atoms with E-state index in [1.807, 2.05) is 49.4 Å². The highest BCUT2D eigenvalue weighted by Gasteiger charge is 2.02. The van der Waals surface area contributed by atoms with Crippen molar-refractivity contribution in [1.29, 1.82) is 0 Å². The third kappa shape index (κ3) is 2.94. The molecule has 0 aliphatic carbocycles. The van der Waals surface area contributed by atoms with Crippen LogP contribution in [0.2, 0.25) is 0 Å². The van der Waals surface area contributed by atoms with Gasteiger partial charge in [-0.15, -0.1) is 0 Å². The van der Waals surface area contributed by atoms with Crippen LogP contribution < -0.4 is 10.2 Å². The van der Waals surface area contributed by atoms with E-state index < -0.39 is 0 Å². The Balaban J connectivity index is 2.21. The highest BCUT2D eigenvalue weighted by molar-refractivity contribution is 5.31. The van der Waals surface area contributed by atoms with Crippen molar-refractivity contribution >= 4 is 0 Å². The molecule has 0 aliphatic rings. The minimum absolute atomic E-state index is 0.0802. The van der Waals surface area contributed by atoms with E-state index in [0.29, 0.717) is 12.4 Å². The van der Waals surface area contributed by atoms with Crippen molar-refractivity contribution in [3.05, 3.63) is 75.9 Å². The Morgan fingerprint density at radius 2 is 1.59 bits per heavy atom. The third-order valence-electron chi connectivity index (χ3n) is 2.51. The Morgan fingerprint density at radius 3 is 2.35 bits per heavy atom. The molecule has 0 aromatic heterocycles. The van der Waals surface area contributed by atoms with Gasteiger partial charge in [-0.2, -0.15) is 0 Å². The lowest BCUT2D eigenvalue weighted by Gasteiger charge is -2.05. The van der Waals surface area contributed by atoms with E-state index >= 15 is 0 Å². The lowest BCUT2D eigenvalue weighted by atomic mass is 10.2. The molecule has 0 heterocycles. The first-order valence-electron chi connectivity index (χ1n) is 5.54. The molecule has 0 bridgehead atoms. The number of aryl methyl sites for hydroxylation is 1. The highest BCUT2D eigenvalue weighted by Crippen LogP contribution is 2.12. The fraction of sp³-hybridized carbons (Fsp3) is 0.133. The van der Waals surface area contributed by atoms with Crippen molar-refractivity contribution in [2.24, 2.45) is 0 Å². The van der Waals surface area contributed by atoms with E-state index in [2.05, 4.69) is 0 Å². The first-order valence-corrected chi connectivity index (χ1v) is 5.54. The van der Waals surface area contributed by atoms with Crippen molar-refractivity contribution in [2.45, 2.75) is 13.5 Å². The van der Waals surface area contributed by atoms with Gasteiger partial charge in [0.25, 0.3) is 0 Å². The van der Waals surface area contributed by atoms with Crippen LogP contribution in [0.25, 0.3) is 0 Å². The molecule has 0 saturated carbocycles. The minimum atomic E-state index is -0.0802. The van der Waals surface area contributed by atoms with Gasteiger partial charge in [0.15, 0.2) is 5.75 Å². The van der Waals surface area contributed by atoms with Gasteiger partial charge < -0.3 is 4.74 Å². The Hall–Kier alpha value is -2.09. The summed E-state index contributed by atoms with van der Waals surface area (Å²) in [4.78, 5) is 11.7. The van der Waals surface area contributed by atoms with Gasteiger partial charge in [-0.3, -0.25) is 4.79 Å². The topological polar surface area (TPSA) is 26.3 Å². The maximum atomic E-state index is 11.7. The summed E-state index contributed by atoms with van der Waals surface area (Å²) in [5.41, 5.74) is 1.83. The van der Waals surface area contributed by atoms with Crippen LogP contribution in [0, 0.1) is 6.92 Å². The second-order valence-corrected chi connectivity index (χ2v) is 3.87. The van der Waals surface area contributed by atoms with E-state index in [9.17, 15) is 4.79 Å². The number of rotatable bonds is 3. The van der Waals surface area contributed by atoms with Crippen LogP contribution in [0.4, 0.5) is 0 Å². The van der Waals surface area contributed by atoms with Gasteiger partial charge in [-0.25, -0.2) is 0 Å². The Kier molecular flexibility index (Phi) is 3.55. The molecule has 0 saturated heterocycles. The first kappa shape index (κ1) is 11.4. The first-order chi connectivity index (χ1) is 8.27. The quantitative estimate of drug-likeness (QED) is 0.804. The van der Waals surface area contributed by atoms with E-state index in [0.717, 1.165) is 11.1 Å². The number of hydrogen-bond acceptors (Lipinski definition) is 2. The zero-order valence-corrected chi connectivity index (χ0v) is 9.72. The normalized spacial score (nSPS) is 9.94. The predicted octanol–water partition coefficient (Wildman–Crippen LogP) is 2.93. The Labute approximate surface area is 101 Å². The monoisotopic (exact) mass is 226 g/mol. The van der Waals surface area contributed by atoms with Crippen LogP contribution in [-0.2, 0) is 6.61 Å². The van der Waals surface area contributed by atoms with Crippen molar-refractivity contribution in [3.8, 4) is 5.75 Å². The molecule has 2 nitrogen and oxygen atoms in total. The van der Waals surface area contributed by atoms with E-state index in [1.54, 1.807) is 6.07 Å². The molecule has 2 aromatic carbocycles. The van der Waals surface area contributed by atoms with Crippen LogP contribution in [0.5, 0.6) is 5.75 Å². The van der Waals surface area contributed by atoms with Crippen LogP contribution >= 0.6 is 0 Å². The fourth-order valence-corrected chi connectivity index (χ4v) is 1.60. The van der Waals surface area contributed by atoms with Gasteiger partial charge >= 0.3 is 0 Å². The zero-order chi connectivity index (χ0) is 12.1. The maximum absolute atomic E-state index is 11.7. The van der Waals surface area contributed by atoms with Crippen molar-refractivity contribution in [2.75, 3.05) is 0 Å². The van der Waals surface area contributed by atoms with E-state index in [1.165, 1.54) is 6.07 Å². The van der Waals surface area contributed by atoms with Gasteiger partial charge in [-0.05, 0) is 24.1 Å². The lowest BCUT2D eigenvalue weighted by molar-refractivity contribution is 0.301. The van der Waals surface area contributed by atoms with Crippen LogP contribution in [0.15, 0.2) is 59.4 Å². The summed E-state index contributed by atoms with van der Waals surface area (Å²) in [5, 5.41) is 0. The van der Waals surface area contributed by atoms with Gasteiger partial charge in [0.1, 0.15) is 6.61 Å². The summed E-state index contributed by atoms with van der Waals surface area (Å²) in [5.74, 6) is 0.429. The Bertz CT molecular complexity index is 547. The molecule has 86 valence electrons.